The molecule has 6 nitrogen and oxygen atoms in total. The molecule has 4 rings (SSSR count). The van der Waals surface area contributed by atoms with Gasteiger partial charge < -0.3 is 14.8 Å². The summed E-state index contributed by atoms with van der Waals surface area (Å²) in [5.41, 5.74) is 1.63. The van der Waals surface area contributed by atoms with Gasteiger partial charge in [-0.05, 0) is 49.4 Å². The van der Waals surface area contributed by atoms with Crippen LogP contribution >= 0.6 is 15.9 Å². The highest BCUT2D eigenvalue weighted by atomic mass is 79.9. The summed E-state index contributed by atoms with van der Waals surface area (Å²) in [6.07, 6.45) is 1.55. The van der Waals surface area contributed by atoms with E-state index in [1.807, 2.05) is 19.1 Å². The zero-order chi connectivity index (χ0) is 17.7. The number of carbonyl (C=O) groups excluding carboxylic acids is 3. The van der Waals surface area contributed by atoms with Crippen molar-refractivity contribution < 1.29 is 23.9 Å². The van der Waals surface area contributed by atoms with Crippen LogP contribution in [0.3, 0.4) is 0 Å². The Hall–Kier alpha value is -1.89. The van der Waals surface area contributed by atoms with Crippen molar-refractivity contribution in [3.63, 3.8) is 0 Å². The Morgan fingerprint density at radius 3 is 2.92 bits per heavy atom. The molecule has 1 amide bonds. The number of rotatable bonds is 4. The summed E-state index contributed by atoms with van der Waals surface area (Å²) in [5.74, 6) is -1.70. The number of aryl methyl sites for hydroxylation is 1. The molecule has 3 aliphatic rings. The van der Waals surface area contributed by atoms with Crippen molar-refractivity contribution in [3.05, 3.63) is 28.2 Å². The minimum absolute atomic E-state index is 0.0181. The molecule has 0 radical (unpaired) electrons. The molecule has 1 heterocycles. The van der Waals surface area contributed by atoms with Crippen molar-refractivity contribution in [2.45, 2.75) is 25.9 Å². The third-order valence-electron chi connectivity index (χ3n) is 5.54. The smallest absolute Gasteiger partial charge is 0.310 e. The van der Waals surface area contributed by atoms with Gasteiger partial charge in [0, 0.05) is 16.1 Å². The van der Waals surface area contributed by atoms with Crippen LogP contribution in [0.25, 0.3) is 0 Å². The molecule has 2 aliphatic carbocycles. The number of hydrogen-bond donors (Lipinski definition) is 1. The monoisotopic (exact) mass is 407 g/mol. The van der Waals surface area contributed by atoms with Gasteiger partial charge in [-0.2, -0.15) is 0 Å². The Morgan fingerprint density at radius 1 is 1.36 bits per heavy atom. The Kier molecular flexibility index (Phi) is 4.06. The maximum Gasteiger partial charge on any atom is 0.310 e. The Bertz CT molecular complexity index is 762. The van der Waals surface area contributed by atoms with Crippen molar-refractivity contribution in [3.8, 4) is 0 Å². The molecule has 3 fully saturated rings. The maximum absolute atomic E-state index is 12.4. The highest BCUT2D eigenvalue weighted by Crippen LogP contribution is 2.57. The number of nitrogens with one attached hydrogen (secondary N) is 1. The van der Waals surface area contributed by atoms with E-state index in [0.717, 1.165) is 22.9 Å². The topological polar surface area (TPSA) is 81.7 Å². The van der Waals surface area contributed by atoms with Gasteiger partial charge in [-0.15, -0.1) is 0 Å². The molecule has 1 saturated heterocycles. The second kappa shape index (κ2) is 6.12. The predicted octanol–water partition coefficient (Wildman–Crippen LogP) is 2.44. The molecule has 1 aromatic carbocycles. The SMILES string of the molecule is Cc1cc(NC(=O)COC(=O)[C@@H]2[C@@H]3C[C@@H]4[C@H]2C(=O)O[C@H]4C3)ccc1Br. The summed E-state index contributed by atoms with van der Waals surface area (Å²) in [6, 6.07) is 5.43. The zero-order valence-electron chi connectivity index (χ0n) is 13.7. The average molecular weight is 408 g/mol. The molecule has 0 unspecified atom stereocenters. The fourth-order valence-corrected chi connectivity index (χ4v) is 4.72. The average Bonchev–Trinajstić information content (AvgIpc) is 3.18. The molecule has 0 aromatic heterocycles. The van der Waals surface area contributed by atoms with Crippen LogP contribution in [-0.4, -0.2) is 30.6 Å². The second-order valence-electron chi connectivity index (χ2n) is 7.04. The molecule has 0 spiro atoms. The number of halogens is 1. The largest absolute Gasteiger partial charge is 0.462 e. The van der Waals surface area contributed by atoms with E-state index in [9.17, 15) is 14.4 Å². The fraction of sp³-hybridized carbons (Fsp3) is 0.500. The molecule has 5 atom stereocenters. The van der Waals surface area contributed by atoms with E-state index in [0.29, 0.717) is 5.69 Å². The first-order valence-electron chi connectivity index (χ1n) is 8.37. The standard InChI is InChI=1S/C18H18BrNO5/c1-8-4-10(2-3-12(8)19)20-14(21)7-24-17(22)15-9-5-11-13(6-9)25-18(23)16(11)15/h2-4,9,11,13,15-16H,5-7H2,1H3,(H,20,21)/t9-,11+,13+,15-,16-/m1/s1. The van der Waals surface area contributed by atoms with Gasteiger partial charge in [-0.25, -0.2) is 0 Å². The molecule has 2 bridgehead atoms. The number of amides is 1. The number of esters is 2. The molecule has 25 heavy (non-hydrogen) atoms. The predicted molar refractivity (Wildman–Crippen MR) is 91.5 cm³/mol. The van der Waals surface area contributed by atoms with Gasteiger partial charge in [0.15, 0.2) is 6.61 Å². The minimum Gasteiger partial charge on any atom is -0.462 e. The maximum atomic E-state index is 12.4. The summed E-state index contributed by atoms with van der Waals surface area (Å²) >= 11 is 3.40. The van der Waals surface area contributed by atoms with Crippen LogP contribution in [0.15, 0.2) is 22.7 Å². The van der Waals surface area contributed by atoms with Crippen LogP contribution in [0.1, 0.15) is 18.4 Å². The van der Waals surface area contributed by atoms with E-state index in [2.05, 4.69) is 21.2 Å². The van der Waals surface area contributed by atoms with E-state index < -0.39 is 17.8 Å². The van der Waals surface area contributed by atoms with Gasteiger partial charge in [0.25, 0.3) is 5.91 Å². The van der Waals surface area contributed by atoms with Crippen molar-refractivity contribution in [2.24, 2.45) is 23.7 Å². The normalized spacial score (nSPS) is 31.8. The lowest BCUT2D eigenvalue weighted by atomic mass is 9.80. The van der Waals surface area contributed by atoms with Crippen molar-refractivity contribution in [1.29, 1.82) is 0 Å². The lowest BCUT2D eigenvalue weighted by Gasteiger charge is -2.22. The van der Waals surface area contributed by atoms with Gasteiger partial charge in [0.1, 0.15) is 6.10 Å². The molecule has 132 valence electrons. The number of hydrogen-bond acceptors (Lipinski definition) is 5. The summed E-state index contributed by atoms with van der Waals surface area (Å²) in [6.45, 7) is 1.57. The van der Waals surface area contributed by atoms with E-state index in [4.69, 9.17) is 9.47 Å². The van der Waals surface area contributed by atoms with Gasteiger partial charge in [-0.3, -0.25) is 14.4 Å². The van der Waals surface area contributed by atoms with Crippen LogP contribution in [-0.2, 0) is 23.9 Å². The molecule has 2 saturated carbocycles. The minimum atomic E-state index is -0.461. The summed E-state index contributed by atoms with van der Waals surface area (Å²) in [5, 5.41) is 2.70. The van der Waals surface area contributed by atoms with Crippen molar-refractivity contribution >= 4 is 39.5 Å². The summed E-state index contributed by atoms with van der Waals surface area (Å²) in [4.78, 5) is 36.4. The van der Waals surface area contributed by atoms with Crippen LogP contribution in [0.4, 0.5) is 5.69 Å². The van der Waals surface area contributed by atoms with E-state index in [1.54, 1.807) is 6.07 Å². The molecule has 1 aliphatic heterocycles. The summed E-state index contributed by atoms with van der Waals surface area (Å²) < 4.78 is 11.5. The number of benzene rings is 1. The van der Waals surface area contributed by atoms with Crippen molar-refractivity contribution in [2.75, 3.05) is 11.9 Å². The molecular weight excluding hydrogens is 390 g/mol. The van der Waals surface area contributed by atoms with E-state index >= 15 is 0 Å². The van der Waals surface area contributed by atoms with Gasteiger partial charge in [0.05, 0.1) is 11.8 Å². The third-order valence-corrected chi connectivity index (χ3v) is 6.43. The number of carbonyl (C=O) groups is 3. The first-order chi connectivity index (χ1) is 11.9. The van der Waals surface area contributed by atoms with Gasteiger partial charge >= 0.3 is 11.9 Å². The molecule has 7 heteroatoms. The van der Waals surface area contributed by atoms with Crippen LogP contribution in [0.5, 0.6) is 0 Å². The van der Waals surface area contributed by atoms with Gasteiger partial charge in [-0.1, -0.05) is 15.9 Å². The first-order valence-corrected chi connectivity index (χ1v) is 9.16. The van der Waals surface area contributed by atoms with Gasteiger partial charge in [0.2, 0.25) is 0 Å². The Morgan fingerprint density at radius 2 is 2.16 bits per heavy atom. The van der Waals surface area contributed by atoms with Crippen LogP contribution < -0.4 is 5.32 Å². The van der Waals surface area contributed by atoms with Crippen LogP contribution in [0.2, 0.25) is 0 Å². The number of anilines is 1. The summed E-state index contributed by atoms with van der Waals surface area (Å²) in [7, 11) is 0. The van der Waals surface area contributed by atoms with Crippen molar-refractivity contribution in [1.82, 2.24) is 0 Å². The molecular formula is C18H18BrNO5. The lowest BCUT2D eigenvalue weighted by Crippen LogP contribution is -2.34. The second-order valence-corrected chi connectivity index (χ2v) is 7.90. The number of fused-ring (bicyclic) bond motifs is 1. The Labute approximate surface area is 153 Å². The molecule has 1 N–H and O–H groups in total. The van der Waals surface area contributed by atoms with Crippen LogP contribution in [0, 0.1) is 30.6 Å². The Balaban J connectivity index is 1.34. The third kappa shape index (κ3) is 2.84. The van der Waals surface area contributed by atoms with E-state index in [1.165, 1.54) is 0 Å². The first kappa shape index (κ1) is 16.6. The quantitative estimate of drug-likeness (QED) is 0.775. The lowest BCUT2D eigenvalue weighted by molar-refractivity contribution is -0.157. The zero-order valence-corrected chi connectivity index (χ0v) is 15.2. The fourth-order valence-electron chi connectivity index (χ4n) is 4.48. The highest BCUT2D eigenvalue weighted by Gasteiger charge is 2.64. The highest BCUT2D eigenvalue weighted by molar-refractivity contribution is 9.10. The molecule has 1 aromatic rings. The van der Waals surface area contributed by atoms with E-state index in [-0.39, 0.29) is 36.4 Å². The number of ether oxygens (including phenoxy) is 2.